The number of carbonyl (C=O) groups is 1. The normalized spacial score (nSPS) is 13.5. The first-order valence-corrected chi connectivity index (χ1v) is 12.0. The molecule has 2 N–H and O–H groups in total. The molecule has 2 atom stereocenters. The summed E-state index contributed by atoms with van der Waals surface area (Å²) in [7, 11) is 1.69. The van der Waals surface area contributed by atoms with Gasteiger partial charge in [0.25, 0.3) is 0 Å². The zero-order valence-corrected chi connectivity index (χ0v) is 21.1. The van der Waals surface area contributed by atoms with E-state index < -0.39 is 12.1 Å². The molecule has 0 aliphatic carbocycles. The Morgan fingerprint density at radius 1 is 1.06 bits per heavy atom. The minimum Gasteiger partial charge on any atom is -0.555 e. The van der Waals surface area contributed by atoms with E-state index in [1.165, 1.54) is 6.40 Å². The number of carbonyl (C=O) groups excluding carboxylic acids is 1. The molecule has 183 valence electrons. The largest absolute Gasteiger partial charge is 0.555 e. The molecule has 0 fully saturated rings. The molecular formula is C27H39BN3O3. The van der Waals surface area contributed by atoms with Crippen LogP contribution in [0.4, 0.5) is 4.79 Å². The van der Waals surface area contributed by atoms with E-state index >= 15 is 0 Å². The summed E-state index contributed by atoms with van der Waals surface area (Å²) in [6, 6.07) is 19.3. The van der Waals surface area contributed by atoms with Gasteiger partial charge in [-0.15, -0.1) is 0 Å². The standard InChI is InChI=1S/C27H39BN3O3/c1-21(2)18-31(26(33)30-27(3,4)5)19-25(32)24(16-22-12-8-6-9-13-22)29-20-34-28-17-23-14-10-7-11-15-23/h6-15,20-21,24-25,32H,16-19H2,1-5H3,(H,30,33). The van der Waals surface area contributed by atoms with Crippen LogP contribution in [0.15, 0.2) is 65.7 Å². The van der Waals surface area contributed by atoms with Crippen molar-refractivity contribution in [2.24, 2.45) is 10.9 Å². The van der Waals surface area contributed by atoms with Gasteiger partial charge in [-0.3, -0.25) is 4.99 Å². The molecule has 6 nitrogen and oxygen atoms in total. The Labute approximate surface area is 205 Å². The lowest BCUT2D eigenvalue weighted by molar-refractivity contribution is 0.0942. The van der Waals surface area contributed by atoms with Gasteiger partial charge in [-0.2, -0.15) is 0 Å². The smallest absolute Gasteiger partial charge is 0.375 e. The summed E-state index contributed by atoms with van der Waals surface area (Å²) in [4.78, 5) is 19.1. The number of rotatable bonds is 12. The zero-order chi connectivity index (χ0) is 25.0. The van der Waals surface area contributed by atoms with Gasteiger partial charge in [0.1, 0.15) is 0 Å². The van der Waals surface area contributed by atoms with Gasteiger partial charge >= 0.3 is 13.5 Å². The maximum atomic E-state index is 12.9. The minimum atomic E-state index is -0.848. The van der Waals surface area contributed by atoms with Crippen molar-refractivity contribution in [2.75, 3.05) is 13.1 Å². The highest BCUT2D eigenvalue weighted by molar-refractivity contribution is 6.29. The van der Waals surface area contributed by atoms with Gasteiger partial charge in [0.05, 0.1) is 18.7 Å². The number of aliphatic hydroxyl groups excluding tert-OH is 1. The van der Waals surface area contributed by atoms with Crippen LogP contribution < -0.4 is 5.32 Å². The van der Waals surface area contributed by atoms with Crippen molar-refractivity contribution >= 4 is 19.9 Å². The number of aliphatic hydroxyl groups is 1. The van der Waals surface area contributed by atoms with Crippen LogP contribution in [0.25, 0.3) is 0 Å². The van der Waals surface area contributed by atoms with Crippen molar-refractivity contribution in [2.45, 2.75) is 65.0 Å². The minimum absolute atomic E-state index is 0.183. The van der Waals surface area contributed by atoms with E-state index in [9.17, 15) is 9.90 Å². The molecule has 0 spiro atoms. The fourth-order valence-electron chi connectivity index (χ4n) is 3.49. The first-order valence-electron chi connectivity index (χ1n) is 12.0. The summed E-state index contributed by atoms with van der Waals surface area (Å²) in [6.07, 6.45) is 1.74. The van der Waals surface area contributed by atoms with Crippen molar-refractivity contribution in [1.82, 2.24) is 10.2 Å². The lowest BCUT2D eigenvalue weighted by atomic mass is 9.90. The summed E-state index contributed by atoms with van der Waals surface area (Å²) in [5.41, 5.74) is 1.85. The van der Waals surface area contributed by atoms with Crippen LogP contribution in [0.2, 0.25) is 0 Å². The number of amides is 2. The second kappa shape index (κ2) is 13.8. The second-order valence-corrected chi connectivity index (χ2v) is 10.1. The SMILES string of the molecule is CC(C)CN(CC(O)C(Cc1ccccc1)N=CO[B]Cc1ccccc1)C(=O)NC(C)(C)C. The van der Waals surface area contributed by atoms with Crippen LogP contribution in [-0.4, -0.2) is 60.7 Å². The monoisotopic (exact) mass is 464 g/mol. The molecule has 7 heteroatoms. The molecule has 2 rings (SSSR count). The van der Waals surface area contributed by atoms with Crippen LogP contribution in [0.5, 0.6) is 0 Å². The highest BCUT2D eigenvalue weighted by Crippen LogP contribution is 2.13. The number of nitrogens with one attached hydrogen (secondary N) is 1. The van der Waals surface area contributed by atoms with Crippen LogP contribution in [-0.2, 0) is 17.4 Å². The predicted molar refractivity (Wildman–Crippen MR) is 140 cm³/mol. The molecular weight excluding hydrogens is 425 g/mol. The Hall–Kier alpha value is -2.80. The third kappa shape index (κ3) is 10.9. The van der Waals surface area contributed by atoms with Crippen molar-refractivity contribution in [3.8, 4) is 0 Å². The number of aliphatic imine (C=N–C) groups is 1. The molecule has 0 aliphatic rings. The van der Waals surface area contributed by atoms with Gasteiger partial charge in [0.2, 0.25) is 0 Å². The summed E-state index contributed by atoms with van der Waals surface area (Å²) in [5.74, 6) is 0.268. The van der Waals surface area contributed by atoms with Crippen LogP contribution in [0.1, 0.15) is 45.7 Å². The quantitative estimate of drug-likeness (QED) is 0.213. The molecule has 2 amide bonds. The van der Waals surface area contributed by atoms with Gasteiger partial charge in [0.15, 0.2) is 6.40 Å². The van der Waals surface area contributed by atoms with Gasteiger partial charge in [-0.05, 0) is 45.0 Å². The summed E-state index contributed by atoms with van der Waals surface area (Å²) in [5, 5.41) is 14.1. The third-order valence-electron chi connectivity index (χ3n) is 5.07. The number of benzene rings is 2. The van der Waals surface area contributed by atoms with E-state index in [0.29, 0.717) is 19.3 Å². The molecule has 0 aliphatic heterocycles. The summed E-state index contributed by atoms with van der Waals surface area (Å²) >= 11 is 0. The van der Waals surface area contributed by atoms with Crippen LogP contribution >= 0.6 is 0 Å². The first-order chi connectivity index (χ1) is 16.1. The molecule has 0 saturated heterocycles. The Morgan fingerprint density at radius 2 is 1.65 bits per heavy atom. The Balaban J connectivity index is 2.06. The highest BCUT2D eigenvalue weighted by atomic mass is 16.4. The molecule has 0 heterocycles. The molecule has 1 radical (unpaired) electrons. The molecule has 2 aromatic rings. The van der Waals surface area contributed by atoms with Crippen molar-refractivity contribution in [3.63, 3.8) is 0 Å². The molecule has 34 heavy (non-hydrogen) atoms. The topological polar surface area (TPSA) is 74.2 Å². The van der Waals surface area contributed by atoms with Gasteiger partial charge in [-0.25, -0.2) is 4.79 Å². The van der Waals surface area contributed by atoms with Crippen molar-refractivity contribution in [1.29, 1.82) is 0 Å². The van der Waals surface area contributed by atoms with E-state index in [1.54, 1.807) is 12.4 Å². The number of urea groups is 1. The van der Waals surface area contributed by atoms with E-state index in [4.69, 9.17) is 4.65 Å². The lowest BCUT2D eigenvalue weighted by Gasteiger charge is -2.32. The van der Waals surface area contributed by atoms with E-state index in [-0.39, 0.29) is 24.0 Å². The zero-order valence-electron chi connectivity index (χ0n) is 21.1. The van der Waals surface area contributed by atoms with Crippen LogP contribution in [0, 0.1) is 5.92 Å². The average molecular weight is 464 g/mol. The van der Waals surface area contributed by atoms with Gasteiger partial charge < -0.3 is 20.0 Å². The van der Waals surface area contributed by atoms with Gasteiger partial charge in [-0.1, -0.05) is 80.1 Å². The number of hydrogen-bond donors (Lipinski definition) is 2. The second-order valence-electron chi connectivity index (χ2n) is 10.1. The molecule has 0 saturated carbocycles. The number of nitrogens with zero attached hydrogens (tertiary/aromatic N) is 2. The third-order valence-corrected chi connectivity index (χ3v) is 5.07. The number of hydrogen-bond acceptors (Lipinski definition) is 4. The maximum Gasteiger partial charge on any atom is 0.375 e. The molecule has 2 aromatic carbocycles. The predicted octanol–water partition coefficient (Wildman–Crippen LogP) is 4.29. The summed E-state index contributed by atoms with van der Waals surface area (Å²) < 4.78 is 5.52. The van der Waals surface area contributed by atoms with Crippen molar-refractivity contribution < 1.29 is 14.6 Å². The fourth-order valence-corrected chi connectivity index (χ4v) is 3.49. The van der Waals surface area contributed by atoms with Crippen molar-refractivity contribution in [3.05, 3.63) is 71.8 Å². The average Bonchev–Trinajstić information content (AvgIpc) is 2.77. The summed E-state index contributed by atoms with van der Waals surface area (Å²) in [6.45, 7) is 10.7. The molecule has 2 unspecified atom stereocenters. The maximum absolute atomic E-state index is 12.9. The molecule has 0 aromatic heterocycles. The Bertz CT molecular complexity index is 870. The van der Waals surface area contributed by atoms with E-state index in [2.05, 4.69) is 24.2 Å². The Morgan fingerprint density at radius 3 is 2.21 bits per heavy atom. The van der Waals surface area contributed by atoms with E-state index in [0.717, 1.165) is 11.1 Å². The highest BCUT2D eigenvalue weighted by Gasteiger charge is 2.26. The van der Waals surface area contributed by atoms with E-state index in [1.807, 2.05) is 81.4 Å². The Kier molecular flexibility index (Phi) is 11.1. The molecule has 0 bridgehead atoms. The first kappa shape index (κ1) is 27.4. The van der Waals surface area contributed by atoms with Crippen LogP contribution in [0.3, 0.4) is 0 Å². The fraction of sp³-hybridized carbons (Fsp3) is 0.481. The lowest BCUT2D eigenvalue weighted by Crippen LogP contribution is -2.52. The van der Waals surface area contributed by atoms with Gasteiger partial charge in [0, 0.05) is 12.1 Å².